The van der Waals surface area contributed by atoms with Gasteiger partial charge in [0.15, 0.2) is 17.9 Å². The van der Waals surface area contributed by atoms with Gasteiger partial charge in [-0.2, -0.15) is 0 Å². The standard InChI is InChI=1S/C9H9F2NO2/c10-6-2-1-5(8(12)7(6)11)9-13-3-4-14-9/h1-2,9H,3-4,12H2. The molecule has 1 fully saturated rings. The second-order valence-electron chi connectivity index (χ2n) is 2.94. The van der Waals surface area contributed by atoms with E-state index in [1.165, 1.54) is 6.07 Å². The van der Waals surface area contributed by atoms with E-state index in [1.54, 1.807) is 0 Å². The summed E-state index contributed by atoms with van der Waals surface area (Å²) in [6.45, 7) is 0.867. The number of nitrogen functional groups attached to an aromatic ring is 1. The molecule has 0 atom stereocenters. The predicted molar refractivity (Wildman–Crippen MR) is 45.4 cm³/mol. The Hall–Kier alpha value is -1.20. The number of anilines is 1. The molecule has 1 aliphatic rings. The van der Waals surface area contributed by atoms with Crippen LogP contribution >= 0.6 is 0 Å². The molecule has 3 nitrogen and oxygen atoms in total. The van der Waals surface area contributed by atoms with Crippen LogP contribution in [0.1, 0.15) is 11.9 Å². The van der Waals surface area contributed by atoms with Crippen LogP contribution in [0.2, 0.25) is 0 Å². The van der Waals surface area contributed by atoms with Crippen LogP contribution in [-0.4, -0.2) is 13.2 Å². The Kier molecular flexibility index (Phi) is 2.35. The summed E-state index contributed by atoms with van der Waals surface area (Å²) in [5.41, 5.74) is 5.47. The third kappa shape index (κ3) is 1.44. The van der Waals surface area contributed by atoms with Gasteiger partial charge in [0, 0.05) is 5.56 Å². The minimum atomic E-state index is -1.05. The lowest BCUT2D eigenvalue weighted by molar-refractivity contribution is -0.0437. The van der Waals surface area contributed by atoms with Crippen LogP contribution in [0.25, 0.3) is 0 Å². The molecule has 0 aromatic heterocycles. The van der Waals surface area contributed by atoms with E-state index in [9.17, 15) is 8.78 Å². The highest BCUT2D eigenvalue weighted by Crippen LogP contribution is 2.30. The van der Waals surface area contributed by atoms with Gasteiger partial charge in [-0.25, -0.2) is 8.78 Å². The molecule has 14 heavy (non-hydrogen) atoms. The van der Waals surface area contributed by atoms with Crippen LogP contribution in [0.4, 0.5) is 14.5 Å². The Morgan fingerprint density at radius 3 is 2.50 bits per heavy atom. The first-order valence-electron chi connectivity index (χ1n) is 4.16. The lowest BCUT2D eigenvalue weighted by Crippen LogP contribution is -2.06. The van der Waals surface area contributed by atoms with Gasteiger partial charge >= 0.3 is 0 Å². The first kappa shape index (κ1) is 9.36. The van der Waals surface area contributed by atoms with Crippen LogP contribution in [0.15, 0.2) is 12.1 Å². The van der Waals surface area contributed by atoms with E-state index in [0.717, 1.165) is 6.07 Å². The third-order valence-electron chi connectivity index (χ3n) is 2.04. The minimum absolute atomic E-state index is 0.253. The number of halogens is 2. The summed E-state index contributed by atoms with van der Waals surface area (Å²) in [7, 11) is 0. The third-order valence-corrected chi connectivity index (χ3v) is 2.04. The molecule has 1 saturated heterocycles. The summed E-state index contributed by atoms with van der Waals surface area (Å²) >= 11 is 0. The van der Waals surface area contributed by atoms with Crippen LogP contribution in [0.3, 0.4) is 0 Å². The fraction of sp³-hybridized carbons (Fsp3) is 0.333. The van der Waals surface area contributed by atoms with E-state index >= 15 is 0 Å². The highest BCUT2D eigenvalue weighted by molar-refractivity contribution is 5.49. The van der Waals surface area contributed by atoms with Gasteiger partial charge in [-0.05, 0) is 12.1 Å². The maximum atomic E-state index is 13.0. The molecule has 0 unspecified atom stereocenters. The Bertz CT molecular complexity index is 351. The molecular weight excluding hydrogens is 192 g/mol. The monoisotopic (exact) mass is 201 g/mol. The zero-order valence-corrected chi connectivity index (χ0v) is 7.30. The zero-order valence-electron chi connectivity index (χ0n) is 7.30. The molecule has 5 heteroatoms. The molecule has 2 N–H and O–H groups in total. The Morgan fingerprint density at radius 2 is 1.86 bits per heavy atom. The molecule has 0 spiro atoms. The van der Waals surface area contributed by atoms with Crippen LogP contribution in [0.5, 0.6) is 0 Å². The van der Waals surface area contributed by atoms with Crippen molar-refractivity contribution < 1.29 is 18.3 Å². The lowest BCUT2D eigenvalue weighted by atomic mass is 10.1. The van der Waals surface area contributed by atoms with Gasteiger partial charge in [-0.15, -0.1) is 0 Å². The van der Waals surface area contributed by atoms with Crippen molar-refractivity contribution in [3.05, 3.63) is 29.3 Å². The van der Waals surface area contributed by atoms with E-state index in [0.29, 0.717) is 18.8 Å². The van der Waals surface area contributed by atoms with Crippen LogP contribution < -0.4 is 5.73 Å². The molecule has 0 amide bonds. The molecule has 1 aliphatic heterocycles. The van der Waals surface area contributed by atoms with Gasteiger partial charge in [-0.1, -0.05) is 0 Å². The second-order valence-corrected chi connectivity index (χ2v) is 2.94. The van der Waals surface area contributed by atoms with Crippen molar-refractivity contribution in [1.29, 1.82) is 0 Å². The van der Waals surface area contributed by atoms with Crippen molar-refractivity contribution in [2.75, 3.05) is 18.9 Å². The molecule has 1 aromatic rings. The fourth-order valence-electron chi connectivity index (χ4n) is 1.32. The number of benzene rings is 1. The summed E-state index contributed by atoms with van der Waals surface area (Å²) in [6, 6.07) is 2.37. The van der Waals surface area contributed by atoms with Crippen molar-refractivity contribution in [2.24, 2.45) is 0 Å². The lowest BCUT2D eigenvalue weighted by Gasteiger charge is -2.12. The van der Waals surface area contributed by atoms with E-state index in [4.69, 9.17) is 15.2 Å². The largest absolute Gasteiger partial charge is 0.396 e. The highest BCUT2D eigenvalue weighted by Gasteiger charge is 2.23. The fourth-order valence-corrected chi connectivity index (χ4v) is 1.32. The number of hydrogen-bond donors (Lipinski definition) is 1. The molecule has 0 bridgehead atoms. The van der Waals surface area contributed by atoms with Gasteiger partial charge in [0.2, 0.25) is 0 Å². The summed E-state index contributed by atoms with van der Waals surface area (Å²) in [4.78, 5) is 0. The van der Waals surface area contributed by atoms with Gasteiger partial charge in [-0.3, -0.25) is 0 Å². The first-order chi connectivity index (χ1) is 6.70. The topological polar surface area (TPSA) is 44.5 Å². The van der Waals surface area contributed by atoms with E-state index < -0.39 is 17.9 Å². The maximum absolute atomic E-state index is 13.0. The van der Waals surface area contributed by atoms with Crippen molar-refractivity contribution in [3.8, 4) is 0 Å². The summed E-state index contributed by atoms with van der Waals surface area (Å²) in [6.07, 6.45) is -0.676. The Balaban J connectivity index is 2.38. The molecule has 1 aromatic carbocycles. The molecular formula is C9H9F2NO2. The molecule has 1 heterocycles. The van der Waals surface area contributed by atoms with Gasteiger partial charge in [0.1, 0.15) is 0 Å². The molecule has 0 saturated carbocycles. The Labute approximate surface area is 79.4 Å². The van der Waals surface area contributed by atoms with Crippen molar-refractivity contribution in [1.82, 2.24) is 0 Å². The van der Waals surface area contributed by atoms with E-state index in [2.05, 4.69) is 0 Å². The second kappa shape index (κ2) is 3.51. The number of hydrogen-bond acceptors (Lipinski definition) is 3. The average Bonchev–Trinajstić information content (AvgIpc) is 2.67. The quantitative estimate of drug-likeness (QED) is 0.702. The van der Waals surface area contributed by atoms with Crippen LogP contribution in [-0.2, 0) is 9.47 Å². The molecule has 0 aliphatic carbocycles. The van der Waals surface area contributed by atoms with E-state index in [-0.39, 0.29) is 5.69 Å². The molecule has 76 valence electrons. The number of nitrogens with two attached hydrogens (primary N) is 1. The van der Waals surface area contributed by atoms with Gasteiger partial charge < -0.3 is 15.2 Å². The summed E-state index contributed by atoms with van der Waals surface area (Å²) < 4.78 is 36.0. The maximum Gasteiger partial charge on any atom is 0.186 e. The summed E-state index contributed by atoms with van der Waals surface area (Å²) in [5.74, 6) is -2.02. The van der Waals surface area contributed by atoms with Crippen molar-refractivity contribution in [3.63, 3.8) is 0 Å². The van der Waals surface area contributed by atoms with Crippen molar-refractivity contribution >= 4 is 5.69 Å². The van der Waals surface area contributed by atoms with Gasteiger partial charge in [0.25, 0.3) is 0 Å². The summed E-state index contributed by atoms with van der Waals surface area (Å²) in [5, 5.41) is 0. The zero-order chi connectivity index (χ0) is 10.1. The smallest absolute Gasteiger partial charge is 0.186 e. The first-order valence-corrected chi connectivity index (χ1v) is 4.16. The average molecular weight is 201 g/mol. The highest BCUT2D eigenvalue weighted by atomic mass is 19.2. The van der Waals surface area contributed by atoms with E-state index in [1.807, 2.05) is 0 Å². The normalized spacial score (nSPS) is 17.6. The predicted octanol–water partition coefficient (Wildman–Crippen LogP) is 1.59. The SMILES string of the molecule is Nc1c(C2OCCO2)ccc(F)c1F. The minimum Gasteiger partial charge on any atom is -0.396 e. The molecule has 2 rings (SSSR count). The number of rotatable bonds is 1. The van der Waals surface area contributed by atoms with Crippen molar-refractivity contribution in [2.45, 2.75) is 6.29 Å². The molecule has 0 radical (unpaired) electrons. The number of ether oxygens (including phenoxy) is 2. The Morgan fingerprint density at radius 1 is 1.21 bits per heavy atom. The van der Waals surface area contributed by atoms with Gasteiger partial charge in [0.05, 0.1) is 18.9 Å². The van der Waals surface area contributed by atoms with Crippen LogP contribution in [0, 0.1) is 11.6 Å².